The molecule has 15 nitrogen and oxygen atoms in total. The summed E-state index contributed by atoms with van der Waals surface area (Å²) in [6, 6.07) is 17.7. The van der Waals surface area contributed by atoms with Crippen LogP contribution < -0.4 is 10.6 Å². The number of hydrogen-bond acceptors (Lipinski definition) is 11. The van der Waals surface area contributed by atoms with Gasteiger partial charge in [-0.05, 0) is 71.6 Å². The first-order valence-corrected chi connectivity index (χ1v) is 18.7. The lowest BCUT2D eigenvalue weighted by Gasteiger charge is -2.16. The van der Waals surface area contributed by atoms with Gasteiger partial charge in [-0.25, -0.2) is 9.97 Å². The number of phenols is 1. The fourth-order valence-corrected chi connectivity index (χ4v) is 7.71. The van der Waals surface area contributed by atoms with Crippen LogP contribution in [0.15, 0.2) is 88.0 Å². The van der Waals surface area contributed by atoms with Crippen LogP contribution >= 0.6 is 0 Å². The van der Waals surface area contributed by atoms with Crippen LogP contribution in [0.2, 0.25) is 0 Å². The molecule has 0 aliphatic carbocycles. The maximum Gasteiger partial charge on any atom is 0.321 e. The van der Waals surface area contributed by atoms with Gasteiger partial charge in [0.2, 0.25) is 11.8 Å². The molecule has 0 fully saturated rings. The number of carbonyl (C=O) groups excluding carboxylic acids is 2. The van der Waals surface area contributed by atoms with E-state index in [2.05, 4.69) is 30.6 Å². The fraction of sp³-hybridized carbons (Fsp3) is 0.209. The summed E-state index contributed by atoms with van der Waals surface area (Å²) < 4.78 is 11.9. The van der Waals surface area contributed by atoms with E-state index in [1.165, 1.54) is 0 Å². The molecule has 11 rings (SSSR count). The third-order valence-corrected chi connectivity index (χ3v) is 10.9. The van der Waals surface area contributed by atoms with Crippen molar-refractivity contribution in [2.45, 2.75) is 38.3 Å². The van der Waals surface area contributed by atoms with Crippen LogP contribution in [0.25, 0.3) is 66.9 Å². The maximum absolute atomic E-state index is 12.6. The Morgan fingerprint density at radius 2 is 1.24 bits per heavy atom. The predicted molar refractivity (Wildman–Crippen MR) is 213 cm³/mol. The van der Waals surface area contributed by atoms with Crippen molar-refractivity contribution in [3.8, 4) is 28.7 Å². The highest BCUT2D eigenvalue weighted by molar-refractivity contribution is 6.06. The quantitative estimate of drug-likeness (QED) is 0.110. The van der Waals surface area contributed by atoms with Crippen LogP contribution in [0.4, 0.5) is 0 Å². The van der Waals surface area contributed by atoms with Gasteiger partial charge in [-0.3, -0.25) is 29.8 Å². The molecule has 8 bridgehead atoms. The molecule has 4 aromatic carbocycles. The molecule has 4 aromatic heterocycles. The molecule has 0 saturated carbocycles. The number of aliphatic carboxylic acids is 2. The van der Waals surface area contributed by atoms with Crippen molar-refractivity contribution in [2.75, 3.05) is 13.1 Å². The van der Waals surface area contributed by atoms with Crippen molar-refractivity contribution in [3.05, 3.63) is 101 Å². The largest absolute Gasteiger partial charge is 0.507 e. The molecular formula is C43H36N6O9. The molecule has 7 heterocycles. The molecule has 8 aromatic rings. The number of nitrogens with one attached hydrogen (secondary N) is 4. The molecule has 7 N–H and O–H groups in total. The molecule has 0 radical (unpaired) electrons. The average molecular weight is 781 g/mol. The SMILES string of the molecule is CC1Cc2ccc(O)c(c2)-c2nc3c(ccc4[nH]cc(c43)CC(C(=O)O)NCC1=O)o2.O=C1CNC(C(=O)O)Cc2c[nH]c3ccc4oc(nc4c23)-c2ccc1cc2. The van der Waals surface area contributed by atoms with Crippen LogP contribution in [0.5, 0.6) is 5.75 Å². The Labute approximate surface area is 328 Å². The minimum absolute atomic E-state index is 0.0333. The summed E-state index contributed by atoms with van der Waals surface area (Å²) in [4.78, 5) is 64.2. The molecule has 3 atom stereocenters. The minimum Gasteiger partial charge on any atom is -0.507 e. The number of hydrogen-bond donors (Lipinski definition) is 7. The molecule has 0 amide bonds. The first-order chi connectivity index (χ1) is 28.0. The van der Waals surface area contributed by atoms with Crippen molar-refractivity contribution < 1.29 is 43.3 Å². The summed E-state index contributed by atoms with van der Waals surface area (Å²) in [5, 5.41) is 37.1. The molecule has 0 saturated heterocycles. The molecule has 3 unspecified atom stereocenters. The lowest BCUT2D eigenvalue weighted by atomic mass is 9.95. The van der Waals surface area contributed by atoms with Crippen molar-refractivity contribution in [3.63, 3.8) is 0 Å². The van der Waals surface area contributed by atoms with Gasteiger partial charge in [-0.1, -0.05) is 25.1 Å². The summed E-state index contributed by atoms with van der Waals surface area (Å²) in [5.41, 5.74) is 8.30. The van der Waals surface area contributed by atoms with Gasteiger partial charge in [-0.2, -0.15) is 0 Å². The molecule has 3 aliphatic rings. The lowest BCUT2D eigenvalue weighted by Crippen LogP contribution is -2.42. The van der Waals surface area contributed by atoms with Gasteiger partial charge in [0.15, 0.2) is 16.9 Å². The Kier molecular flexibility index (Phi) is 9.10. The van der Waals surface area contributed by atoms with Crippen molar-refractivity contribution in [1.29, 1.82) is 0 Å². The minimum atomic E-state index is -1.02. The summed E-state index contributed by atoms with van der Waals surface area (Å²) in [7, 11) is 0. The molecule has 58 heavy (non-hydrogen) atoms. The van der Waals surface area contributed by atoms with Gasteiger partial charge in [0.1, 0.15) is 34.6 Å². The number of phenolic OH excluding ortho intramolecular Hbond substituents is 1. The number of fused-ring (bicyclic) bond motifs is 10. The first-order valence-electron chi connectivity index (χ1n) is 18.7. The van der Waals surface area contributed by atoms with Crippen LogP contribution in [-0.2, 0) is 33.6 Å². The van der Waals surface area contributed by atoms with Crippen LogP contribution in [0.1, 0.15) is 34.0 Å². The molecule has 292 valence electrons. The van der Waals surface area contributed by atoms with E-state index < -0.39 is 24.0 Å². The van der Waals surface area contributed by atoms with Gasteiger partial charge in [0.05, 0.1) is 18.7 Å². The number of H-pyrrole nitrogens is 2. The van der Waals surface area contributed by atoms with Crippen LogP contribution in [0.3, 0.4) is 0 Å². The smallest absolute Gasteiger partial charge is 0.321 e. The number of benzene rings is 4. The van der Waals surface area contributed by atoms with Crippen molar-refractivity contribution in [1.82, 2.24) is 30.6 Å². The van der Waals surface area contributed by atoms with E-state index in [9.17, 15) is 34.5 Å². The second-order valence-electron chi connectivity index (χ2n) is 14.7. The topological polar surface area (TPSA) is 237 Å². The zero-order valence-corrected chi connectivity index (χ0v) is 31.0. The zero-order valence-electron chi connectivity index (χ0n) is 31.0. The van der Waals surface area contributed by atoms with Crippen LogP contribution in [0, 0.1) is 5.92 Å². The van der Waals surface area contributed by atoms with Gasteiger partial charge >= 0.3 is 11.9 Å². The zero-order chi connectivity index (χ0) is 40.2. The number of oxazole rings is 2. The second-order valence-corrected chi connectivity index (χ2v) is 14.7. The number of ketones is 2. The van der Waals surface area contributed by atoms with Gasteiger partial charge in [0, 0.05) is 64.1 Å². The van der Waals surface area contributed by atoms with E-state index in [1.807, 2.05) is 25.1 Å². The number of rotatable bonds is 2. The molecule has 3 aliphatic heterocycles. The monoisotopic (exact) mass is 780 g/mol. The highest BCUT2D eigenvalue weighted by Crippen LogP contribution is 2.37. The maximum atomic E-state index is 12.6. The lowest BCUT2D eigenvalue weighted by molar-refractivity contribution is -0.140. The average Bonchev–Trinajstić information content (AvgIpc) is 4.02. The summed E-state index contributed by atoms with van der Waals surface area (Å²) >= 11 is 0. The Balaban J connectivity index is 0.000000152. The number of aromatic hydroxyl groups is 1. The summed E-state index contributed by atoms with van der Waals surface area (Å²) in [6.45, 7) is 1.73. The standard InChI is InChI=1S/C23H21N3O5.C20H15N3O4/c1-11-6-12-2-4-17(27)14(7-12)22-26-21-19(31-22)5-3-15-20(21)13(9-24-15)8-16(23(29)30)25-10-18(11)28;24-15-9-22-14(20(25)26)7-12-8-21-13-5-6-16-18(17(12)13)23-19(27-16)11-3-1-10(15)2-4-11/h2-5,7,9,11,16,24-25,27H,6,8,10H2,1H3,(H,29,30);1-6,8,14,21-22H,7,9H2,(H,25,26). The van der Waals surface area contributed by atoms with E-state index in [0.717, 1.165) is 44.1 Å². The fourth-order valence-electron chi connectivity index (χ4n) is 7.71. The Bertz CT molecular complexity index is 2940. The van der Waals surface area contributed by atoms with Gasteiger partial charge < -0.3 is 34.1 Å². The normalized spacial score (nSPS) is 18.5. The summed E-state index contributed by atoms with van der Waals surface area (Å²) in [5.74, 6) is -1.82. The van der Waals surface area contributed by atoms with E-state index in [-0.39, 0.29) is 55.1 Å². The third kappa shape index (κ3) is 6.65. The molecule has 0 spiro atoms. The second kappa shape index (κ2) is 14.4. The first kappa shape index (κ1) is 36.5. The number of aromatic nitrogens is 4. The molecule has 15 heteroatoms. The third-order valence-electron chi connectivity index (χ3n) is 10.9. The molecular weight excluding hydrogens is 745 g/mol. The van der Waals surface area contributed by atoms with Crippen molar-refractivity contribution in [2.24, 2.45) is 5.92 Å². The van der Waals surface area contributed by atoms with E-state index in [0.29, 0.717) is 45.6 Å². The number of aromatic amines is 2. The Morgan fingerprint density at radius 1 is 0.690 bits per heavy atom. The van der Waals surface area contributed by atoms with Gasteiger partial charge in [0.25, 0.3) is 0 Å². The number of Topliss-reactive ketones (excluding diaryl/α,β-unsaturated/α-hetero) is 2. The van der Waals surface area contributed by atoms with Crippen LogP contribution in [-0.4, -0.2) is 83.9 Å². The van der Waals surface area contributed by atoms with Crippen molar-refractivity contribution >= 4 is 67.5 Å². The van der Waals surface area contributed by atoms with Gasteiger partial charge in [-0.15, -0.1) is 0 Å². The van der Waals surface area contributed by atoms with E-state index >= 15 is 0 Å². The summed E-state index contributed by atoms with van der Waals surface area (Å²) in [6.07, 6.45) is 4.41. The highest BCUT2D eigenvalue weighted by atomic mass is 16.4. The number of carboxylic acid groups (broad SMARTS) is 2. The number of carbonyl (C=O) groups is 4. The Morgan fingerprint density at radius 3 is 1.84 bits per heavy atom. The van der Waals surface area contributed by atoms with E-state index in [1.54, 1.807) is 60.9 Å². The highest BCUT2D eigenvalue weighted by Gasteiger charge is 2.26. The predicted octanol–water partition coefficient (Wildman–Crippen LogP) is 5.79. The number of nitrogens with zero attached hydrogens (tertiary/aromatic N) is 2. The number of carboxylic acids is 2. The Hall–Kier alpha value is -7.10. The van der Waals surface area contributed by atoms with E-state index in [4.69, 9.17) is 8.83 Å².